The number of nitrogens with one attached hydrogen (secondary N) is 2. The Morgan fingerprint density at radius 1 is 1.21 bits per heavy atom. The summed E-state index contributed by atoms with van der Waals surface area (Å²) in [4.78, 5) is 36.1. The molecule has 2 heterocycles. The van der Waals surface area contributed by atoms with Gasteiger partial charge in [-0.2, -0.15) is 0 Å². The second kappa shape index (κ2) is 8.65. The molecule has 29 heavy (non-hydrogen) atoms. The third kappa shape index (κ3) is 3.95. The van der Waals surface area contributed by atoms with Crippen LogP contribution in [0.1, 0.15) is 31.0 Å². The lowest BCUT2D eigenvalue weighted by Gasteiger charge is -2.18. The molecule has 7 nitrogen and oxygen atoms in total. The van der Waals surface area contributed by atoms with Gasteiger partial charge in [0.25, 0.3) is 0 Å². The fourth-order valence-electron chi connectivity index (χ4n) is 4.72. The molecule has 2 fully saturated rings. The van der Waals surface area contributed by atoms with Gasteiger partial charge in [0.05, 0.1) is 22.5 Å². The zero-order chi connectivity index (χ0) is 20.4. The SMILES string of the molecule is CCNC(=NCCc1csc(CC)n1)NCCN1C(=O)C2C3C=CC(C3)C2C1=O. The summed E-state index contributed by atoms with van der Waals surface area (Å²) in [5.41, 5.74) is 1.08. The van der Waals surface area contributed by atoms with Crippen LogP contribution < -0.4 is 10.6 Å². The highest BCUT2D eigenvalue weighted by atomic mass is 32.1. The predicted octanol–water partition coefficient (Wildman–Crippen LogP) is 1.61. The fourth-order valence-corrected chi connectivity index (χ4v) is 5.50. The Morgan fingerprint density at radius 2 is 1.93 bits per heavy atom. The van der Waals surface area contributed by atoms with E-state index in [9.17, 15) is 9.59 Å². The number of hydrogen-bond acceptors (Lipinski definition) is 5. The number of thiazole rings is 1. The van der Waals surface area contributed by atoms with Gasteiger partial charge >= 0.3 is 0 Å². The van der Waals surface area contributed by atoms with E-state index < -0.39 is 0 Å². The molecular formula is C21H29N5O2S. The van der Waals surface area contributed by atoms with Gasteiger partial charge < -0.3 is 10.6 Å². The molecule has 156 valence electrons. The maximum Gasteiger partial charge on any atom is 0.233 e. The molecule has 8 heteroatoms. The molecule has 0 aromatic carbocycles. The minimum Gasteiger partial charge on any atom is -0.357 e. The van der Waals surface area contributed by atoms with Gasteiger partial charge in [0.1, 0.15) is 0 Å². The molecule has 2 bridgehead atoms. The van der Waals surface area contributed by atoms with E-state index in [1.165, 1.54) is 4.90 Å². The first kappa shape index (κ1) is 20.1. The molecule has 2 aliphatic carbocycles. The number of likely N-dealkylation sites (tertiary alicyclic amines) is 1. The average Bonchev–Trinajstić information content (AvgIpc) is 3.48. The Kier molecular flexibility index (Phi) is 5.99. The zero-order valence-electron chi connectivity index (χ0n) is 17.1. The summed E-state index contributed by atoms with van der Waals surface area (Å²) < 4.78 is 0. The van der Waals surface area contributed by atoms with E-state index in [0.29, 0.717) is 25.6 Å². The summed E-state index contributed by atoms with van der Waals surface area (Å²) in [6.45, 7) is 6.41. The van der Waals surface area contributed by atoms with Crippen LogP contribution in [-0.2, 0) is 22.4 Å². The van der Waals surface area contributed by atoms with Gasteiger partial charge in [-0.1, -0.05) is 19.1 Å². The van der Waals surface area contributed by atoms with Crippen LogP contribution in [-0.4, -0.2) is 53.8 Å². The normalized spacial score (nSPS) is 27.8. The van der Waals surface area contributed by atoms with Gasteiger partial charge in [-0.05, 0) is 31.6 Å². The maximum atomic E-state index is 12.7. The van der Waals surface area contributed by atoms with E-state index in [-0.39, 0.29) is 35.5 Å². The Bertz CT molecular complexity index is 803. The van der Waals surface area contributed by atoms with Crippen LogP contribution in [0, 0.1) is 23.7 Å². The first-order chi connectivity index (χ1) is 14.1. The number of aliphatic imine (C=N–C) groups is 1. The molecule has 1 saturated carbocycles. The van der Waals surface area contributed by atoms with E-state index in [2.05, 4.69) is 45.1 Å². The van der Waals surface area contributed by atoms with Gasteiger partial charge in [0.15, 0.2) is 5.96 Å². The van der Waals surface area contributed by atoms with E-state index >= 15 is 0 Å². The Labute approximate surface area is 175 Å². The fraction of sp³-hybridized carbons (Fsp3) is 0.619. The van der Waals surface area contributed by atoms with Crippen LogP contribution in [0.5, 0.6) is 0 Å². The third-order valence-electron chi connectivity index (χ3n) is 6.07. The van der Waals surface area contributed by atoms with Crippen molar-refractivity contribution in [3.05, 3.63) is 28.2 Å². The summed E-state index contributed by atoms with van der Waals surface area (Å²) >= 11 is 1.69. The summed E-state index contributed by atoms with van der Waals surface area (Å²) in [6.07, 6.45) is 6.98. The molecule has 1 aromatic heterocycles. The van der Waals surface area contributed by atoms with Crippen molar-refractivity contribution in [2.24, 2.45) is 28.7 Å². The number of imide groups is 1. The lowest BCUT2D eigenvalue weighted by molar-refractivity contribution is -0.140. The molecule has 4 rings (SSSR count). The molecule has 1 saturated heterocycles. The number of guanidine groups is 1. The van der Waals surface area contributed by atoms with Crippen molar-refractivity contribution in [3.63, 3.8) is 0 Å². The molecule has 0 radical (unpaired) electrons. The molecular weight excluding hydrogens is 386 g/mol. The van der Waals surface area contributed by atoms with Gasteiger partial charge in [-0.25, -0.2) is 4.98 Å². The first-order valence-corrected chi connectivity index (χ1v) is 11.5. The highest BCUT2D eigenvalue weighted by Gasteiger charge is 2.58. The number of nitrogens with zero attached hydrogens (tertiary/aromatic N) is 3. The molecule has 2 amide bonds. The van der Waals surface area contributed by atoms with Gasteiger partial charge in [0.2, 0.25) is 11.8 Å². The van der Waals surface area contributed by atoms with Crippen molar-refractivity contribution >= 4 is 29.1 Å². The number of hydrogen-bond donors (Lipinski definition) is 2. The molecule has 0 spiro atoms. The largest absolute Gasteiger partial charge is 0.357 e. The topological polar surface area (TPSA) is 86.7 Å². The van der Waals surface area contributed by atoms with Crippen LogP contribution in [0.2, 0.25) is 0 Å². The van der Waals surface area contributed by atoms with Crippen molar-refractivity contribution in [2.45, 2.75) is 33.1 Å². The minimum atomic E-state index is -0.120. The monoisotopic (exact) mass is 415 g/mol. The van der Waals surface area contributed by atoms with E-state index in [1.807, 2.05) is 6.92 Å². The van der Waals surface area contributed by atoms with E-state index in [1.54, 1.807) is 11.3 Å². The minimum absolute atomic E-state index is 0.0100. The molecule has 4 unspecified atom stereocenters. The second-order valence-corrected chi connectivity index (χ2v) is 8.79. The summed E-state index contributed by atoms with van der Waals surface area (Å²) in [5, 5.41) is 9.72. The van der Waals surface area contributed by atoms with Gasteiger partial charge in [-0.3, -0.25) is 19.5 Å². The maximum absolute atomic E-state index is 12.7. The smallest absolute Gasteiger partial charge is 0.233 e. The molecule has 1 aliphatic heterocycles. The number of aromatic nitrogens is 1. The van der Waals surface area contributed by atoms with Crippen LogP contribution in [0.15, 0.2) is 22.5 Å². The average molecular weight is 416 g/mol. The highest BCUT2D eigenvalue weighted by Crippen LogP contribution is 2.52. The first-order valence-electron chi connectivity index (χ1n) is 10.6. The number of amides is 2. The summed E-state index contributed by atoms with van der Waals surface area (Å²) in [5.74, 6) is 1.01. The lowest BCUT2D eigenvalue weighted by Crippen LogP contribution is -2.43. The number of allylic oxidation sites excluding steroid dienone is 2. The van der Waals surface area contributed by atoms with Crippen LogP contribution in [0.4, 0.5) is 0 Å². The van der Waals surface area contributed by atoms with Crippen molar-refractivity contribution < 1.29 is 9.59 Å². The number of fused-ring (bicyclic) bond motifs is 5. The van der Waals surface area contributed by atoms with Crippen LogP contribution >= 0.6 is 11.3 Å². The Hall–Kier alpha value is -2.22. The van der Waals surface area contributed by atoms with Gasteiger partial charge in [-0.15, -0.1) is 11.3 Å². The number of carbonyl (C=O) groups is 2. The standard InChI is InChI=1S/C21H29N5O2S/c1-3-16-25-15(12-29-16)7-8-23-21(22-4-2)24-9-10-26-19(27)17-13-5-6-14(11-13)18(17)20(26)28/h5-6,12-14,17-18H,3-4,7-11H2,1-2H3,(H2,22,23,24). The number of aryl methyl sites for hydroxylation is 1. The van der Waals surface area contributed by atoms with E-state index in [0.717, 1.165) is 36.5 Å². The van der Waals surface area contributed by atoms with Crippen molar-refractivity contribution in [1.29, 1.82) is 0 Å². The van der Waals surface area contributed by atoms with Crippen molar-refractivity contribution in [2.75, 3.05) is 26.2 Å². The number of rotatable bonds is 8. The Morgan fingerprint density at radius 3 is 2.55 bits per heavy atom. The molecule has 4 atom stereocenters. The summed E-state index contributed by atoms with van der Waals surface area (Å²) in [7, 11) is 0. The lowest BCUT2D eigenvalue weighted by atomic mass is 9.85. The highest BCUT2D eigenvalue weighted by molar-refractivity contribution is 7.09. The molecule has 1 aromatic rings. The van der Waals surface area contributed by atoms with Crippen molar-refractivity contribution in [3.8, 4) is 0 Å². The third-order valence-corrected chi connectivity index (χ3v) is 7.12. The molecule has 2 N–H and O–H groups in total. The van der Waals surface area contributed by atoms with Crippen molar-refractivity contribution in [1.82, 2.24) is 20.5 Å². The number of carbonyl (C=O) groups excluding carboxylic acids is 2. The van der Waals surface area contributed by atoms with Crippen LogP contribution in [0.25, 0.3) is 0 Å². The second-order valence-electron chi connectivity index (χ2n) is 7.85. The molecule has 3 aliphatic rings. The zero-order valence-corrected chi connectivity index (χ0v) is 17.9. The van der Waals surface area contributed by atoms with Crippen LogP contribution in [0.3, 0.4) is 0 Å². The van der Waals surface area contributed by atoms with E-state index in [4.69, 9.17) is 0 Å². The van der Waals surface area contributed by atoms with Gasteiger partial charge in [0, 0.05) is 38.0 Å². The predicted molar refractivity (Wildman–Crippen MR) is 114 cm³/mol. The summed E-state index contributed by atoms with van der Waals surface area (Å²) in [6, 6.07) is 0. The quantitative estimate of drug-likeness (QED) is 0.292. The Balaban J connectivity index is 1.27.